The standard InChI is InChI=1S/C30H50O9/c1-15(4-9-24(34)39-28-27(37)26(36)25(35)22(14-31)38-28)19-7-8-20-18-6-5-16-12-17(32)10-11-29(16,2)21(18)13-23(33)30(19,20)3/h15-23,25-28,31-33,35-37H,4-14H2,1-3H3/t15-,16-,17-,18+,19-,20+,21+,22-,23+,25-,26+,27-,28+,29+,30-/m1/s1. The van der Waals surface area contributed by atoms with Crippen LogP contribution in [0.2, 0.25) is 0 Å². The summed E-state index contributed by atoms with van der Waals surface area (Å²) in [5.74, 6) is 2.01. The van der Waals surface area contributed by atoms with E-state index in [1.54, 1.807) is 0 Å². The molecule has 0 amide bonds. The first-order chi connectivity index (χ1) is 18.4. The zero-order valence-corrected chi connectivity index (χ0v) is 23.7. The second kappa shape index (κ2) is 11.1. The van der Waals surface area contributed by atoms with E-state index in [4.69, 9.17) is 9.47 Å². The van der Waals surface area contributed by atoms with E-state index in [0.29, 0.717) is 30.1 Å². The van der Waals surface area contributed by atoms with Crippen molar-refractivity contribution in [3.63, 3.8) is 0 Å². The molecular weight excluding hydrogens is 504 g/mol. The lowest BCUT2D eigenvalue weighted by atomic mass is 9.43. The van der Waals surface area contributed by atoms with Gasteiger partial charge in [0, 0.05) is 6.42 Å². The molecule has 0 unspecified atom stereocenters. The summed E-state index contributed by atoms with van der Waals surface area (Å²) in [6.45, 7) is 6.27. The number of ether oxygens (including phenoxy) is 2. The van der Waals surface area contributed by atoms with E-state index in [2.05, 4.69) is 20.8 Å². The van der Waals surface area contributed by atoms with E-state index in [1.807, 2.05) is 0 Å². The summed E-state index contributed by atoms with van der Waals surface area (Å²) >= 11 is 0. The normalized spacial score (nSPS) is 52.3. The number of aliphatic hydroxyl groups excluding tert-OH is 6. The lowest BCUT2D eigenvalue weighted by molar-refractivity contribution is -0.292. The van der Waals surface area contributed by atoms with Crippen LogP contribution in [-0.4, -0.2) is 86.1 Å². The van der Waals surface area contributed by atoms with E-state index in [9.17, 15) is 35.4 Å². The Hall–Kier alpha value is -0.810. The van der Waals surface area contributed by atoms with E-state index < -0.39 is 43.3 Å². The van der Waals surface area contributed by atoms with Crippen molar-refractivity contribution in [2.75, 3.05) is 6.61 Å². The minimum atomic E-state index is -1.60. The van der Waals surface area contributed by atoms with Crippen LogP contribution >= 0.6 is 0 Å². The van der Waals surface area contributed by atoms with E-state index in [1.165, 1.54) is 12.8 Å². The van der Waals surface area contributed by atoms with Gasteiger partial charge in [0.15, 0.2) is 0 Å². The number of rotatable bonds is 6. The third-order valence-corrected chi connectivity index (χ3v) is 12.4. The van der Waals surface area contributed by atoms with Crippen molar-refractivity contribution < 1.29 is 44.9 Å². The molecule has 0 radical (unpaired) electrons. The zero-order valence-electron chi connectivity index (χ0n) is 23.7. The van der Waals surface area contributed by atoms with Gasteiger partial charge in [0.1, 0.15) is 24.4 Å². The zero-order chi connectivity index (χ0) is 28.3. The minimum Gasteiger partial charge on any atom is -0.433 e. The average molecular weight is 555 g/mol. The first-order valence-corrected chi connectivity index (χ1v) is 15.3. The molecule has 1 aliphatic heterocycles. The van der Waals surface area contributed by atoms with Gasteiger partial charge in [0.05, 0.1) is 18.8 Å². The van der Waals surface area contributed by atoms with Gasteiger partial charge in [-0.1, -0.05) is 20.8 Å². The highest BCUT2D eigenvalue weighted by molar-refractivity contribution is 5.69. The highest BCUT2D eigenvalue weighted by Crippen LogP contribution is 2.68. The van der Waals surface area contributed by atoms with Crippen LogP contribution in [0.15, 0.2) is 0 Å². The van der Waals surface area contributed by atoms with Crippen LogP contribution in [0.25, 0.3) is 0 Å². The highest BCUT2D eigenvalue weighted by atomic mass is 16.7. The van der Waals surface area contributed by atoms with Crippen LogP contribution in [0.4, 0.5) is 0 Å². The number of esters is 1. The van der Waals surface area contributed by atoms with Crippen molar-refractivity contribution in [2.45, 2.75) is 128 Å². The molecule has 1 saturated heterocycles. The van der Waals surface area contributed by atoms with Gasteiger partial charge in [0.2, 0.25) is 6.29 Å². The Morgan fingerprint density at radius 3 is 2.41 bits per heavy atom. The number of carbonyl (C=O) groups is 1. The molecule has 0 aromatic rings. The molecule has 0 aromatic carbocycles. The molecule has 0 bridgehead atoms. The van der Waals surface area contributed by atoms with Crippen molar-refractivity contribution in [2.24, 2.45) is 46.3 Å². The van der Waals surface area contributed by atoms with Gasteiger partial charge >= 0.3 is 5.97 Å². The molecule has 0 aromatic heterocycles. The topological polar surface area (TPSA) is 157 Å². The van der Waals surface area contributed by atoms with Crippen molar-refractivity contribution in [3.8, 4) is 0 Å². The van der Waals surface area contributed by atoms with Gasteiger partial charge in [-0.15, -0.1) is 0 Å². The highest BCUT2D eigenvalue weighted by Gasteiger charge is 2.63. The fourth-order valence-electron chi connectivity index (χ4n) is 10.1. The maximum absolute atomic E-state index is 12.7. The molecule has 15 atom stereocenters. The van der Waals surface area contributed by atoms with Crippen molar-refractivity contribution >= 4 is 5.97 Å². The Labute approximate surface area is 231 Å². The van der Waals surface area contributed by atoms with Crippen LogP contribution in [0.3, 0.4) is 0 Å². The number of hydrogen-bond acceptors (Lipinski definition) is 9. The Morgan fingerprint density at radius 1 is 0.949 bits per heavy atom. The number of carbonyl (C=O) groups excluding carboxylic acids is 1. The van der Waals surface area contributed by atoms with Gasteiger partial charge in [-0.05, 0) is 104 Å². The molecule has 5 aliphatic rings. The molecular formula is C30H50O9. The van der Waals surface area contributed by atoms with Crippen LogP contribution in [0, 0.1) is 46.3 Å². The molecule has 5 fully saturated rings. The third kappa shape index (κ3) is 4.98. The van der Waals surface area contributed by atoms with Crippen molar-refractivity contribution in [1.29, 1.82) is 0 Å². The number of fused-ring (bicyclic) bond motifs is 5. The van der Waals surface area contributed by atoms with Gasteiger partial charge in [-0.3, -0.25) is 4.79 Å². The second-order valence-electron chi connectivity index (χ2n) is 14.1. The Bertz CT molecular complexity index is 882. The average Bonchev–Trinajstić information content (AvgIpc) is 3.27. The number of aliphatic hydroxyl groups is 6. The summed E-state index contributed by atoms with van der Waals surface area (Å²) in [7, 11) is 0. The number of hydrogen-bond donors (Lipinski definition) is 6. The van der Waals surface area contributed by atoms with E-state index in [-0.39, 0.29) is 41.3 Å². The minimum absolute atomic E-state index is 0.109. The van der Waals surface area contributed by atoms with Crippen LogP contribution in [0.5, 0.6) is 0 Å². The summed E-state index contributed by atoms with van der Waals surface area (Å²) in [5.41, 5.74) is 0.00145. The molecule has 9 nitrogen and oxygen atoms in total. The molecule has 4 aliphatic carbocycles. The van der Waals surface area contributed by atoms with Crippen LogP contribution in [-0.2, 0) is 14.3 Å². The first-order valence-electron chi connectivity index (χ1n) is 15.3. The Kier molecular flexibility index (Phi) is 8.46. The molecule has 39 heavy (non-hydrogen) atoms. The summed E-state index contributed by atoms with van der Waals surface area (Å²) in [4.78, 5) is 12.7. The molecule has 9 heteroatoms. The van der Waals surface area contributed by atoms with Crippen molar-refractivity contribution in [3.05, 3.63) is 0 Å². The van der Waals surface area contributed by atoms with Crippen LogP contribution in [0.1, 0.15) is 85.0 Å². The second-order valence-corrected chi connectivity index (χ2v) is 14.1. The lowest BCUT2D eigenvalue weighted by Crippen LogP contribution is -2.59. The SMILES string of the molecule is C[C@H](CCC(=O)O[C@@H]1O[C@H](CO)[C@@H](O)[C@H](O)[C@H]1O)[C@H]1CC[C@H]2[C@@H]3CC[C@@H]4C[C@H](O)CC[C@]4(C)[C@H]3C[C@H](O)[C@]12C. The molecule has 1 heterocycles. The maximum atomic E-state index is 12.7. The molecule has 0 spiro atoms. The fraction of sp³-hybridized carbons (Fsp3) is 0.967. The van der Waals surface area contributed by atoms with E-state index >= 15 is 0 Å². The summed E-state index contributed by atoms with van der Waals surface area (Å²) < 4.78 is 10.6. The van der Waals surface area contributed by atoms with Crippen molar-refractivity contribution in [1.82, 2.24) is 0 Å². The molecule has 5 rings (SSSR count). The maximum Gasteiger partial charge on any atom is 0.308 e. The third-order valence-electron chi connectivity index (χ3n) is 12.4. The first kappa shape index (κ1) is 29.7. The van der Waals surface area contributed by atoms with Gasteiger partial charge in [0.25, 0.3) is 0 Å². The van der Waals surface area contributed by atoms with Gasteiger partial charge < -0.3 is 40.1 Å². The summed E-state index contributed by atoms with van der Waals surface area (Å²) in [5, 5.41) is 61.5. The molecule has 4 saturated carbocycles. The van der Waals surface area contributed by atoms with Gasteiger partial charge in [-0.25, -0.2) is 0 Å². The quantitative estimate of drug-likeness (QED) is 0.269. The smallest absolute Gasteiger partial charge is 0.308 e. The monoisotopic (exact) mass is 554 g/mol. The Morgan fingerprint density at radius 2 is 1.69 bits per heavy atom. The summed E-state index contributed by atoms with van der Waals surface area (Å²) in [6, 6.07) is 0. The molecule has 6 N–H and O–H groups in total. The lowest BCUT2D eigenvalue weighted by Gasteiger charge is -2.62. The predicted octanol–water partition coefficient (Wildman–Crippen LogP) is 1.74. The van der Waals surface area contributed by atoms with Crippen LogP contribution < -0.4 is 0 Å². The van der Waals surface area contributed by atoms with Gasteiger partial charge in [-0.2, -0.15) is 0 Å². The largest absolute Gasteiger partial charge is 0.433 e. The van der Waals surface area contributed by atoms with E-state index in [0.717, 1.165) is 38.5 Å². The summed E-state index contributed by atoms with van der Waals surface area (Å²) in [6.07, 6.45) is 0.964. The fourth-order valence-corrected chi connectivity index (χ4v) is 10.1. The molecule has 224 valence electrons. The Balaban J connectivity index is 1.20. The predicted molar refractivity (Wildman–Crippen MR) is 141 cm³/mol.